The minimum absolute atomic E-state index is 0. The van der Waals surface area contributed by atoms with Crippen molar-refractivity contribution < 1.29 is 71.9 Å². The molecule has 0 heterocycles. The summed E-state index contributed by atoms with van der Waals surface area (Å²) in [7, 11) is 9.87. The van der Waals surface area contributed by atoms with E-state index >= 15 is 0 Å². The molecular formula is C31H47Cl4Zr2-5. The molecular weight excluding hydrogens is 697 g/mol. The topological polar surface area (TPSA) is 0 Å². The molecule has 212 valence electrons. The number of hydrogen-bond acceptors (Lipinski definition) is 0. The molecule has 4 aliphatic rings. The van der Waals surface area contributed by atoms with Gasteiger partial charge in [-0.3, -0.25) is 12.2 Å². The Balaban J connectivity index is -0.0000000571. The van der Waals surface area contributed by atoms with Gasteiger partial charge in [-0.2, -0.15) is 12.2 Å². The molecule has 4 aliphatic carbocycles. The van der Waals surface area contributed by atoms with Gasteiger partial charge < -0.3 is 61.9 Å². The molecule has 37 heavy (non-hydrogen) atoms. The second kappa shape index (κ2) is 33.1. The maximum Gasteiger partial charge on any atom is 2.00 e. The Labute approximate surface area is 283 Å². The molecule has 0 saturated carbocycles. The zero-order valence-corrected chi connectivity index (χ0v) is 32.7. The molecule has 0 aromatic carbocycles. The zero-order valence-electron chi connectivity index (χ0n) is 24.8. The normalized spacial score (nSPS) is 14.6. The standard InChI is InChI=1S/C16H22.2C5H5.5CH3.4ClH.2Zr/c1-9-7-15(13(5)11(9)3)16-8-10(2)12(4)14(16)6;2*1-2-4-5-3-1;;;;;;;;;;;/h7-8H2,1-6H3;2*1-3H,4H2;5*1H3;4*1H;;/q;7*-1;;;;;+2;+4/p-4. The molecule has 0 bridgehead atoms. The van der Waals surface area contributed by atoms with Gasteiger partial charge in [0, 0.05) is 0 Å². The van der Waals surface area contributed by atoms with Crippen molar-refractivity contribution in [3.05, 3.63) is 130 Å². The van der Waals surface area contributed by atoms with E-state index in [0.717, 1.165) is 12.8 Å². The summed E-state index contributed by atoms with van der Waals surface area (Å²) in [6, 6.07) is 0. The average molecular weight is 744 g/mol. The van der Waals surface area contributed by atoms with Gasteiger partial charge in [0.05, 0.1) is 0 Å². The SMILES string of the molecule is CC1=C(C)C(C)=C(C2=C(C)C(C)=C(C)C2)C1.[C-]1=CC=CC1.[C-]1=CC=CC1.[CH3-].[CH3-].[CH3-].[CH3-].[CH3-].[Cl-].[Cl-].[Cl][Zr+2][Cl].[Zr+2]. The van der Waals surface area contributed by atoms with E-state index < -0.39 is 20.8 Å². The molecule has 0 spiro atoms. The smallest absolute Gasteiger partial charge is 2.00 e. The van der Waals surface area contributed by atoms with Gasteiger partial charge in [0.1, 0.15) is 0 Å². The van der Waals surface area contributed by atoms with E-state index in [4.69, 9.17) is 17.0 Å². The third-order valence-electron chi connectivity index (χ3n) is 5.73. The summed E-state index contributed by atoms with van der Waals surface area (Å²) >= 11 is -0.826. The average Bonchev–Trinajstić information content (AvgIpc) is 3.50. The predicted octanol–water partition coefficient (Wildman–Crippen LogP) is 5.34. The first kappa shape index (κ1) is 57.7. The molecule has 0 aliphatic heterocycles. The van der Waals surface area contributed by atoms with E-state index in [1.807, 2.05) is 24.3 Å². The van der Waals surface area contributed by atoms with Crippen molar-refractivity contribution in [2.24, 2.45) is 0 Å². The van der Waals surface area contributed by atoms with Crippen molar-refractivity contribution >= 4 is 17.0 Å². The van der Waals surface area contributed by atoms with E-state index in [2.05, 4.69) is 65.8 Å². The van der Waals surface area contributed by atoms with Crippen LogP contribution >= 0.6 is 17.0 Å². The largest absolute Gasteiger partial charge is 2.00 e. The summed E-state index contributed by atoms with van der Waals surface area (Å²) < 4.78 is 0. The monoisotopic (exact) mass is 739 g/mol. The molecule has 0 aromatic rings. The van der Waals surface area contributed by atoms with Crippen LogP contribution in [0.4, 0.5) is 0 Å². The Kier molecular flexibility index (Phi) is 51.5. The zero-order chi connectivity index (χ0) is 21.8. The first-order valence-corrected chi connectivity index (χ1v) is 16.3. The summed E-state index contributed by atoms with van der Waals surface area (Å²) in [5, 5.41) is 0. The van der Waals surface area contributed by atoms with E-state index in [0.29, 0.717) is 0 Å². The van der Waals surface area contributed by atoms with Gasteiger partial charge in [-0.1, -0.05) is 11.1 Å². The summed E-state index contributed by atoms with van der Waals surface area (Å²) in [6.07, 6.45) is 22.3. The minimum Gasteiger partial charge on any atom is 2.00 e. The van der Waals surface area contributed by atoms with Gasteiger partial charge in [0.2, 0.25) is 0 Å². The van der Waals surface area contributed by atoms with E-state index in [1.54, 1.807) is 22.3 Å². The first-order chi connectivity index (χ1) is 13.8. The van der Waals surface area contributed by atoms with Crippen molar-refractivity contribution in [3.63, 3.8) is 0 Å². The molecule has 4 rings (SSSR count). The van der Waals surface area contributed by atoms with E-state index in [1.165, 1.54) is 35.1 Å². The van der Waals surface area contributed by atoms with Crippen LogP contribution < -0.4 is 24.8 Å². The number of halogens is 4. The maximum atomic E-state index is 4.93. The Hall–Kier alpha value is 0.846. The molecule has 6 heteroatoms. The van der Waals surface area contributed by atoms with Crippen molar-refractivity contribution in [3.8, 4) is 0 Å². The fourth-order valence-electron chi connectivity index (χ4n) is 3.50. The van der Waals surface area contributed by atoms with E-state index in [9.17, 15) is 0 Å². The van der Waals surface area contributed by atoms with Crippen LogP contribution in [0.5, 0.6) is 0 Å². The quantitative estimate of drug-likeness (QED) is 0.319. The van der Waals surface area contributed by atoms with Gasteiger partial charge in [-0.25, -0.2) is 24.3 Å². The van der Waals surface area contributed by atoms with Gasteiger partial charge in [0.25, 0.3) is 0 Å². The van der Waals surface area contributed by atoms with Crippen LogP contribution in [0.2, 0.25) is 0 Å². The Bertz CT molecular complexity index is 736. The number of allylic oxidation sites excluding steroid dienone is 16. The summed E-state index contributed by atoms with van der Waals surface area (Å²) in [6.45, 7) is 13.6. The molecule has 0 amide bonds. The third-order valence-corrected chi connectivity index (χ3v) is 5.73. The van der Waals surface area contributed by atoms with Crippen LogP contribution in [0.3, 0.4) is 0 Å². The number of rotatable bonds is 1. The molecule has 0 radical (unpaired) electrons. The fourth-order valence-corrected chi connectivity index (χ4v) is 3.50. The predicted molar refractivity (Wildman–Crippen MR) is 158 cm³/mol. The van der Waals surface area contributed by atoms with Gasteiger partial charge in [-0.05, 0) is 87.8 Å². The van der Waals surface area contributed by atoms with Crippen molar-refractivity contribution in [1.82, 2.24) is 0 Å². The Morgan fingerprint density at radius 2 is 0.865 bits per heavy atom. The van der Waals surface area contributed by atoms with Crippen LogP contribution in [-0.2, 0) is 47.1 Å². The number of hydrogen-bond donors (Lipinski definition) is 0. The van der Waals surface area contributed by atoms with Crippen LogP contribution in [0.25, 0.3) is 0 Å². The van der Waals surface area contributed by atoms with Crippen LogP contribution in [-0.4, -0.2) is 0 Å². The maximum absolute atomic E-state index is 4.93. The molecule has 0 fully saturated rings. The van der Waals surface area contributed by atoms with Crippen molar-refractivity contribution in [1.29, 1.82) is 0 Å². The van der Waals surface area contributed by atoms with Crippen LogP contribution in [0.1, 0.15) is 67.2 Å². The second-order valence-corrected chi connectivity index (χ2v) is 11.2. The van der Waals surface area contributed by atoms with Crippen molar-refractivity contribution in [2.75, 3.05) is 0 Å². The third kappa shape index (κ3) is 20.4. The summed E-state index contributed by atoms with van der Waals surface area (Å²) in [5.74, 6) is 0. The van der Waals surface area contributed by atoms with Gasteiger partial charge in [-0.15, -0.1) is 12.8 Å². The molecule has 0 aromatic heterocycles. The summed E-state index contributed by atoms with van der Waals surface area (Å²) in [5.41, 5.74) is 12.4. The molecule has 0 N–H and O–H groups in total. The Morgan fingerprint density at radius 3 is 0.973 bits per heavy atom. The van der Waals surface area contributed by atoms with Gasteiger partial charge >= 0.3 is 64.1 Å². The van der Waals surface area contributed by atoms with E-state index in [-0.39, 0.29) is 88.2 Å². The van der Waals surface area contributed by atoms with Crippen LogP contribution in [0, 0.1) is 49.3 Å². The van der Waals surface area contributed by atoms with Gasteiger partial charge in [0.15, 0.2) is 0 Å². The van der Waals surface area contributed by atoms with Crippen molar-refractivity contribution in [2.45, 2.75) is 67.2 Å². The minimum atomic E-state index is -0.826. The molecule has 0 unspecified atom stereocenters. The molecule has 0 nitrogen and oxygen atoms in total. The molecule has 0 atom stereocenters. The fraction of sp³-hybridized carbons (Fsp3) is 0.323. The summed E-state index contributed by atoms with van der Waals surface area (Å²) in [4.78, 5) is 0. The first-order valence-electron chi connectivity index (χ1n) is 9.98. The Morgan fingerprint density at radius 1 is 0.595 bits per heavy atom. The van der Waals surface area contributed by atoms with Crippen LogP contribution in [0.15, 0.2) is 81.0 Å². The molecule has 0 saturated heterocycles. The second-order valence-electron chi connectivity index (χ2n) is 7.45.